The predicted molar refractivity (Wildman–Crippen MR) is 99.9 cm³/mol. The Labute approximate surface area is 139 Å². The van der Waals surface area contributed by atoms with Crippen molar-refractivity contribution in [3.63, 3.8) is 0 Å². The third-order valence-electron chi connectivity index (χ3n) is 4.67. The summed E-state index contributed by atoms with van der Waals surface area (Å²) in [6, 6.07) is 21.1. The van der Waals surface area contributed by atoms with Crippen molar-refractivity contribution in [1.82, 2.24) is 0 Å². The van der Waals surface area contributed by atoms with E-state index in [1.54, 1.807) is 0 Å². The van der Waals surface area contributed by atoms with E-state index >= 15 is 0 Å². The third-order valence-corrected chi connectivity index (χ3v) is 4.67. The first-order valence-corrected chi connectivity index (χ1v) is 8.37. The minimum atomic E-state index is -0.0258. The number of nitrogens with zero attached hydrogens (tertiary/aromatic N) is 1. The zero-order valence-corrected chi connectivity index (χ0v) is 13.9. The van der Waals surface area contributed by atoms with Crippen LogP contribution in [-0.2, 0) is 0 Å². The Bertz CT molecular complexity index is 673. The zero-order valence-electron chi connectivity index (χ0n) is 13.9. The average molecular weight is 301 g/mol. The SMILES string of the molecule is CCC1(CC)C=CC(=C(c2ccccc2)c2ccccc2)C=N1. The van der Waals surface area contributed by atoms with Crippen LogP contribution in [0, 0.1) is 0 Å². The molecule has 0 aromatic heterocycles. The van der Waals surface area contributed by atoms with Crippen molar-refractivity contribution >= 4 is 11.8 Å². The Balaban J connectivity index is 2.13. The van der Waals surface area contributed by atoms with Crippen molar-refractivity contribution < 1.29 is 0 Å². The Morgan fingerprint density at radius 3 is 1.74 bits per heavy atom. The summed E-state index contributed by atoms with van der Waals surface area (Å²) >= 11 is 0. The van der Waals surface area contributed by atoms with Crippen molar-refractivity contribution in [2.45, 2.75) is 32.2 Å². The average Bonchev–Trinajstić information content (AvgIpc) is 2.65. The number of hydrogen-bond donors (Lipinski definition) is 0. The molecule has 0 bridgehead atoms. The number of benzene rings is 2. The Hall–Kier alpha value is -2.41. The predicted octanol–water partition coefficient (Wildman–Crippen LogP) is 5.69. The molecule has 0 atom stereocenters. The Morgan fingerprint density at radius 2 is 1.35 bits per heavy atom. The quantitative estimate of drug-likeness (QED) is 0.688. The van der Waals surface area contributed by atoms with Gasteiger partial charge in [-0.15, -0.1) is 0 Å². The van der Waals surface area contributed by atoms with Gasteiger partial charge in [-0.05, 0) is 29.5 Å². The van der Waals surface area contributed by atoms with Crippen LogP contribution in [0.25, 0.3) is 5.57 Å². The lowest BCUT2D eigenvalue weighted by molar-refractivity contribution is 0.496. The molecule has 23 heavy (non-hydrogen) atoms. The van der Waals surface area contributed by atoms with Crippen molar-refractivity contribution in [2.75, 3.05) is 0 Å². The van der Waals surface area contributed by atoms with Crippen LogP contribution in [0.2, 0.25) is 0 Å². The Kier molecular flexibility index (Phi) is 4.57. The van der Waals surface area contributed by atoms with Gasteiger partial charge in [-0.1, -0.05) is 86.7 Å². The molecule has 0 saturated carbocycles. The van der Waals surface area contributed by atoms with Gasteiger partial charge in [0.05, 0.1) is 5.54 Å². The summed E-state index contributed by atoms with van der Waals surface area (Å²) in [5.41, 5.74) is 4.85. The van der Waals surface area contributed by atoms with Gasteiger partial charge in [0, 0.05) is 11.8 Å². The molecule has 116 valence electrons. The first-order valence-electron chi connectivity index (χ1n) is 8.37. The van der Waals surface area contributed by atoms with E-state index in [1.165, 1.54) is 22.3 Å². The van der Waals surface area contributed by atoms with Crippen LogP contribution in [0.1, 0.15) is 37.8 Å². The molecule has 0 N–H and O–H groups in total. The molecular weight excluding hydrogens is 278 g/mol. The molecule has 2 aromatic rings. The van der Waals surface area contributed by atoms with Gasteiger partial charge < -0.3 is 0 Å². The fourth-order valence-electron chi connectivity index (χ4n) is 3.05. The molecule has 1 aliphatic heterocycles. The van der Waals surface area contributed by atoms with E-state index in [0.29, 0.717) is 0 Å². The van der Waals surface area contributed by atoms with Crippen LogP contribution in [0.4, 0.5) is 0 Å². The van der Waals surface area contributed by atoms with Gasteiger partial charge in [0.15, 0.2) is 0 Å². The zero-order chi connectivity index (χ0) is 16.1. The second kappa shape index (κ2) is 6.78. The monoisotopic (exact) mass is 301 g/mol. The van der Waals surface area contributed by atoms with E-state index in [9.17, 15) is 0 Å². The van der Waals surface area contributed by atoms with E-state index in [-0.39, 0.29) is 5.54 Å². The van der Waals surface area contributed by atoms with Gasteiger partial charge in [0.25, 0.3) is 0 Å². The van der Waals surface area contributed by atoms with Crippen LogP contribution in [0.5, 0.6) is 0 Å². The minimum absolute atomic E-state index is 0.0258. The molecule has 1 nitrogen and oxygen atoms in total. The highest BCUT2D eigenvalue weighted by molar-refractivity contribution is 6.00. The smallest absolute Gasteiger partial charge is 0.0785 e. The van der Waals surface area contributed by atoms with Gasteiger partial charge in [-0.25, -0.2) is 0 Å². The van der Waals surface area contributed by atoms with Gasteiger partial charge in [0.2, 0.25) is 0 Å². The summed E-state index contributed by atoms with van der Waals surface area (Å²) in [4.78, 5) is 4.88. The molecule has 0 amide bonds. The van der Waals surface area contributed by atoms with Crippen molar-refractivity contribution in [2.24, 2.45) is 4.99 Å². The minimum Gasteiger partial charge on any atom is -0.282 e. The number of aliphatic imine (C=N–C) groups is 1. The number of hydrogen-bond acceptors (Lipinski definition) is 1. The number of allylic oxidation sites excluding steroid dienone is 2. The summed E-state index contributed by atoms with van der Waals surface area (Å²) in [6.07, 6.45) is 8.65. The van der Waals surface area contributed by atoms with Crippen LogP contribution >= 0.6 is 0 Å². The molecular formula is C22H23N. The Morgan fingerprint density at radius 1 is 0.826 bits per heavy atom. The number of dihydropyridines is 1. The van der Waals surface area contributed by atoms with Crippen molar-refractivity contribution in [1.29, 1.82) is 0 Å². The van der Waals surface area contributed by atoms with Crippen LogP contribution in [0.3, 0.4) is 0 Å². The first kappa shape index (κ1) is 15.5. The molecule has 0 fully saturated rings. The molecule has 1 heterocycles. The topological polar surface area (TPSA) is 12.4 Å². The fourth-order valence-corrected chi connectivity index (χ4v) is 3.05. The maximum atomic E-state index is 4.88. The van der Waals surface area contributed by atoms with Gasteiger partial charge in [0.1, 0.15) is 0 Å². The summed E-state index contributed by atoms with van der Waals surface area (Å²) < 4.78 is 0. The lowest BCUT2D eigenvalue weighted by Gasteiger charge is -2.26. The summed E-state index contributed by atoms with van der Waals surface area (Å²) in [6.45, 7) is 4.41. The molecule has 0 unspecified atom stereocenters. The van der Waals surface area contributed by atoms with E-state index in [0.717, 1.165) is 12.8 Å². The van der Waals surface area contributed by atoms with E-state index in [4.69, 9.17) is 4.99 Å². The van der Waals surface area contributed by atoms with Gasteiger partial charge in [-0.2, -0.15) is 0 Å². The summed E-state index contributed by atoms with van der Waals surface area (Å²) in [5.74, 6) is 0. The molecule has 1 aliphatic rings. The number of rotatable bonds is 4. The second-order valence-corrected chi connectivity index (χ2v) is 5.96. The molecule has 2 aromatic carbocycles. The largest absolute Gasteiger partial charge is 0.282 e. The van der Waals surface area contributed by atoms with E-state index < -0.39 is 0 Å². The van der Waals surface area contributed by atoms with Crippen molar-refractivity contribution in [3.8, 4) is 0 Å². The molecule has 0 spiro atoms. The lowest BCUT2D eigenvalue weighted by atomic mass is 9.87. The highest BCUT2D eigenvalue weighted by Gasteiger charge is 2.24. The molecule has 0 saturated heterocycles. The highest BCUT2D eigenvalue weighted by atomic mass is 14.8. The van der Waals surface area contributed by atoms with E-state index in [1.807, 2.05) is 0 Å². The molecule has 0 radical (unpaired) electrons. The van der Waals surface area contributed by atoms with Gasteiger partial charge in [-0.3, -0.25) is 4.99 Å². The van der Waals surface area contributed by atoms with Crippen LogP contribution in [-0.4, -0.2) is 11.8 Å². The summed E-state index contributed by atoms with van der Waals surface area (Å²) in [7, 11) is 0. The maximum absolute atomic E-state index is 4.88. The van der Waals surface area contributed by atoms with Crippen molar-refractivity contribution in [3.05, 3.63) is 89.5 Å². The molecule has 1 heteroatoms. The van der Waals surface area contributed by atoms with E-state index in [2.05, 4.69) is 92.9 Å². The lowest BCUT2D eigenvalue weighted by Crippen LogP contribution is -2.24. The van der Waals surface area contributed by atoms with Crippen LogP contribution < -0.4 is 0 Å². The first-order chi connectivity index (χ1) is 11.3. The molecule has 0 aliphatic carbocycles. The normalized spacial score (nSPS) is 15.7. The maximum Gasteiger partial charge on any atom is 0.0785 e. The second-order valence-electron chi connectivity index (χ2n) is 5.96. The highest BCUT2D eigenvalue weighted by Crippen LogP contribution is 2.32. The third kappa shape index (κ3) is 3.19. The molecule has 3 rings (SSSR count). The summed E-state index contributed by atoms with van der Waals surface area (Å²) in [5, 5.41) is 0. The standard InChI is InChI=1S/C22H23N/c1-3-22(4-2)16-15-20(17-23-22)21(18-11-7-5-8-12-18)19-13-9-6-10-14-19/h5-17H,3-4H2,1-2H3. The fraction of sp³-hybridized carbons (Fsp3) is 0.227. The van der Waals surface area contributed by atoms with Crippen LogP contribution in [0.15, 0.2) is 83.4 Å². The van der Waals surface area contributed by atoms with Gasteiger partial charge >= 0.3 is 0 Å².